The molecule has 2 atom stereocenters. The summed E-state index contributed by atoms with van der Waals surface area (Å²) in [6.07, 6.45) is 1.61. The topological polar surface area (TPSA) is 71.0 Å². The van der Waals surface area contributed by atoms with E-state index in [9.17, 15) is 9.90 Å². The van der Waals surface area contributed by atoms with Crippen molar-refractivity contribution in [3.05, 3.63) is 22.7 Å². The number of nitrogens with one attached hydrogen (secondary N) is 1. The summed E-state index contributed by atoms with van der Waals surface area (Å²) in [5.74, 6) is 1.30. The predicted molar refractivity (Wildman–Crippen MR) is 104 cm³/mol. The maximum Gasteiger partial charge on any atom is 0.230 e. The molecule has 7 heteroatoms. The summed E-state index contributed by atoms with van der Waals surface area (Å²) in [6.45, 7) is 7.49. The number of aliphatic hydroxyl groups is 1. The fraction of sp³-hybridized carbons (Fsp3) is 0.650. The Kier molecular flexibility index (Phi) is 6.50. The number of benzene rings is 1. The lowest BCUT2D eigenvalue weighted by Gasteiger charge is -2.47. The predicted octanol–water partition coefficient (Wildman–Crippen LogP) is 2.60. The molecule has 6 nitrogen and oxygen atoms in total. The van der Waals surface area contributed by atoms with E-state index in [1.165, 1.54) is 0 Å². The Balaban J connectivity index is 1.80. The maximum absolute atomic E-state index is 12.5. The highest BCUT2D eigenvalue weighted by molar-refractivity contribution is 6.31. The van der Waals surface area contributed by atoms with Crippen molar-refractivity contribution >= 4 is 17.5 Å². The molecule has 1 aromatic carbocycles. The van der Waals surface area contributed by atoms with Gasteiger partial charge >= 0.3 is 0 Å². The second kappa shape index (κ2) is 8.67. The van der Waals surface area contributed by atoms with Gasteiger partial charge in [0, 0.05) is 37.3 Å². The molecule has 0 aromatic heterocycles. The largest absolute Gasteiger partial charge is 0.490 e. The second-order valence-corrected chi connectivity index (χ2v) is 7.69. The van der Waals surface area contributed by atoms with Gasteiger partial charge in [-0.05, 0) is 44.7 Å². The van der Waals surface area contributed by atoms with Crippen LogP contribution < -0.4 is 14.8 Å². The Hall–Kier alpha value is -1.50. The zero-order valence-corrected chi connectivity index (χ0v) is 16.8. The van der Waals surface area contributed by atoms with E-state index >= 15 is 0 Å². The molecular weight excluding hydrogens is 368 g/mol. The van der Waals surface area contributed by atoms with Crippen molar-refractivity contribution in [2.75, 3.05) is 32.8 Å². The van der Waals surface area contributed by atoms with Crippen LogP contribution in [0.5, 0.6) is 11.5 Å². The molecule has 2 heterocycles. The van der Waals surface area contributed by atoms with E-state index in [0.717, 1.165) is 24.9 Å². The third-order valence-electron chi connectivity index (χ3n) is 5.51. The minimum absolute atomic E-state index is 0.0289. The number of amides is 1. The van der Waals surface area contributed by atoms with Crippen molar-refractivity contribution in [3.63, 3.8) is 0 Å². The maximum atomic E-state index is 12.5. The molecule has 0 bridgehead atoms. The number of likely N-dealkylation sites (tertiary alicyclic amines) is 1. The van der Waals surface area contributed by atoms with Crippen molar-refractivity contribution < 1.29 is 19.4 Å². The molecule has 2 aliphatic heterocycles. The van der Waals surface area contributed by atoms with Gasteiger partial charge in [-0.25, -0.2) is 0 Å². The van der Waals surface area contributed by atoms with Gasteiger partial charge in [-0.3, -0.25) is 9.69 Å². The Labute approximate surface area is 165 Å². The molecule has 1 aromatic rings. The number of carbonyl (C=O) groups is 1. The SMILES string of the molecule is CCOc1cc(Cl)c(CN2CC[C@H](O)[C@@]3(CCCNC3=O)C2)cc1OCC. The number of hydrogen-bond donors (Lipinski definition) is 2. The number of carbonyl (C=O) groups excluding carboxylic acids is 1. The van der Waals surface area contributed by atoms with Crippen LogP contribution in [0.3, 0.4) is 0 Å². The quantitative estimate of drug-likeness (QED) is 0.773. The molecule has 0 radical (unpaired) electrons. The Morgan fingerprint density at radius 1 is 1.30 bits per heavy atom. The number of piperidine rings is 2. The molecule has 0 unspecified atom stereocenters. The van der Waals surface area contributed by atoms with Crippen molar-refractivity contribution in [1.29, 1.82) is 0 Å². The molecular formula is C20H29ClN2O4. The van der Waals surface area contributed by atoms with Crippen LogP contribution in [-0.4, -0.2) is 54.9 Å². The first-order valence-electron chi connectivity index (χ1n) is 9.77. The van der Waals surface area contributed by atoms with Crippen LogP contribution >= 0.6 is 11.6 Å². The number of nitrogens with zero attached hydrogens (tertiary/aromatic N) is 1. The molecule has 2 aliphatic rings. The van der Waals surface area contributed by atoms with Gasteiger partial charge < -0.3 is 19.9 Å². The Morgan fingerprint density at radius 3 is 2.67 bits per heavy atom. The van der Waals surface area contributed by atoms with E-state index in [0.29, 0.717) is 55.8 Å². The first-order valence-corrected chi connectivity index (χ1v) is 10.1. The third kappa shape index (κ3) is 4.18. The average molecular weight is 397 g/mol. The summed E-state index contributed by atoms with van der Waals surface area (Å²) in [4.78, 5) is 14.7. The second-order valence-electron chi connectivity index (χ2n) is 7.29. The zero-order chi connectivity index (χ0) is 19.4. The van der Waals surface area contributed by atoms with E-state index < -0.39 is 11.5 Å². The van der Waals surface area contributed by atoms with Crippen LogP contribution in [0, 0.1) is 5.41 Å². The van der Waals surface area contributed by atoms with Crippen LogP contribution in [0.25, 0.3) is 0 Å². The summed E-state index contributed by atoms with van der Waals surface area (Å²) in [7, 11) is 0. The first kappa shape index (κ1) is 20.2. The zero-order valence-electron chi connectivity index (χ0n) is 16.1. The highest BCUT2D eigenvalue weighted by Crippen LogP contribution is 2.39. The van der Waals surface area contributed by atoms with Gasteiger partial charge in [-0.15, -0.1) is 0 Å². The molecule has 2 fully saturated rings. The number of hydrogen-bond acceptors (Lipinski definition) is 5. The molecule has 0 aliphatic carbocycles. The first-order chi connectivity index (χ1) is 13.0. The molecule has 0 saturated carbocycles. The highest BCUT2D eigenvalue weighted by atomic mass is 35.5. The minimum Gasteiger partial charge on any atom is -0.490 e. The molecule has 3 rings (SSSR count). The number of rotatable bonds is 6. The third-order valence-corrected chi connectivity index (χ3v) is 5.86. The lowest BCUT2D eigenvalue weighted by molar-refractivity contribution is -0.149. The lowest BCUT2D eigenvalue weighted by atomic mass is 9.71. The van der Waals surface area contributed by atoms with Crippen LogP contribution in [0.4, 0.5) is 0 Å². The van der Waals surface area contributed by atoms with Crippen molar-refractivity contribution in [2.45, 2.75) is 45.8 Å². The van der Waals surface area contributed by atoms with Gasteiger partial charge in [-0.2, -0.15) is 0 Å². The van der Waals surface area contributed by atoms with Gasteiger partial charge in [0.1, 0.15) is 0 Å². The Bertz CT molecular complexity index is 684. The minimum atomic E-state index is -0.711. The smallest absolute Gasteiger partial charge is 0.230 e. The summed E-state index contributed by atoms with van der Waals surface area (Å²) in [5, 5.41) is 14.1. The van der Waals surface area contributed by atoms with Gasteiger partial charge in [0.05, 0.1) is 24.7 Å². The van der Waals surface area contributed by atoms with Gasteiger partial charge in [0.15, 0.2) is 11.5 Å². The molecule has 1 spiro atoms. The van der Waals surface area contributed by atoms with E-state index in [-0.39, 0.29) is 5.91 Å². The van der Waals surface area contributed by atoms with Crippen molar-refractivity contribution in [2.24, 2.45) is 5.41 Å². The number of aliphatic hydroxyl groups excluding tert-OH is 1. The molecule has 27 heavy (non-hydrogen) atoms. The molecule has 2 saturated heterocycles. The van der Waals surface area contributed by atoms with Crippen LogP contribution in [0.2, 0.25) is 5.02 Å². The fourth-order valence-corrected chi connectivity index (χ4v) is 4.35. The monoisotopic (exact) mass is 396 g/mol. The molecule has 1 amide bonds. The van der Waals surface area contributed by atoms with Crippen molar-refractivity contribution in [3.8, 4) is 11.5 Å². The number of halogens is 1. The summed E-state index contributed by atoms with van der Waals surface area (Å²) >= 11 is 6.50. The summed E-state index contributed by atoms with van der Waals surface area (Å²) in [6, 6.07) is 3.72. The van der Waals surface area contributed by atoms with E-state index in [1.807, 2.05) is 19.9 Å². The van der Waals surface area contributed by atoms with E-state index in [2.05, 4.69) is 10.2 Å². The van der Waals surface area contributed by atoms with Crippen LogP contribution in [0.1, 0.15) is 38.7 Å². The molecule has 2 N–H and O–H groups in total. The van der Waals surface area contributed by atoms with Gasteiger partial charge in [0.2, 0.25) is 5.91 Å². The molecule has 150 valence electrons. The highest BCUT2D eigenvalue weighted by Gasteiger charge is 2.49. The van der Waals surface area contributed by atoms with E-state index in [4.69, 9.17) is 21.1 Å². The van der Waals surface area contributed by atoms with E-state index in [1.54, 1.807) is 6.07 Å². The van der Waals surface area contributed by atoms with Gasteiger partial charge in [0.25, 0.3) is 0 Å². The average Bonchev–Trinajstić information content (AvgIpc) is 2.64. The Morgan fingerprint density at radius 2 is 2.00 bits per heavy atom. The summed E-state index contributed by atoms with van der Waals surface area (Å²) in [5.41, 5.74) is 0.225. The normalized spacial score (nSPS) is 26.1. The van der Waals surface area contributed by atoms with Crippen LogP contribution in [-0.2, 0) is 11.3 Å². The standard InChI is InChI=1S/C20H29ClN2O4/c1-3-26-16-10-14(15(21)11-17(16)27-4-2)12-23-9-6-18(24)20(13-23)7-5-8-22-19(20)25/h10-11,18,24H,3-9,12-13H2,1-2H3,(H,22,25)/t18-,20+/m0/s1. The fourth-order valence-electron chi connectivity index (χ4n) is 4.14. The van der Waals surface area contributed by atoms with Crippen molar-refractivity contribution in [1.82, 2.24) is 10.2 Å². The lowest BCUT2D eigenvalue weighted by Crippen LogP contribution is -2.61. The number of ether oxygens (including phenoxy) is 2. The van der Waals surface area contributed by atoms with Gasteiger partial charge in [-0.1, -0.05) is 11.6 Å². The van der Waals surface area contributed by atoms with Crippen LogP contribution in [0.15, 0.2) is 12.1 Å². The summed E-state index contributed by atoms with van der Waals surface area (Å²) < 4.78 is 11.3.